The molecule has 43 heavy (non-hydrogen) atoms. The van der Waals surface area contributed by atoms with Crippen LogP contribution in [0.1, 0.15) is 28.0 Å². The van der Waals surface area contributed by atoms with Gasteiger partial charge in [-0.3, -0.25) is 14.3 Å². The molecule has 8 rings (SSSR count). The van der Waals surface area contributed by atoms with Crippen LogP contribution < -0.4 is 20.9 Å². The zero-order chi connectivity index (χ0) is 30.6. The lowest BCUT2D eigenvalue weighted by molar-refractivity contribution is -0.137. The van der Waals surface area contributed by atoms with E-state index in [9.17, 15) is 22.5 Å². The number of nitrogens with zero attached hydrogens (tertiary/aromatic N) is 5. The molecule has 17 heteroatoms. The van der Waals surface area contributed by atoms with Gasteiger partial charge in [-0.2, -0.15) is 23.3 Å². The van der Waals surface area contributed by atoms with E-state index in [1.807, 2.05) is 0 Å². The average Bonchev–Trinajstić information content (AvgIpc) is 3.44. The Labute approximate surface area is 243 Å². The molecule has 4 aliphatic heterocycles. The smallest absolute Gasteiger partial charge is 0.495 e. The van der Waals surface area contributed by atoms with Crippen LogP contribution in [0.15, 0.2) is 48.9 Å². The number of aryl methyl sites for hydroxylation is 1. The van der Waals surface area contributed by atoms with Crippen LogP contribution in [0.2, 0.25) is 0 Å². The Morgan fingerprint density at radius 2 is 1.93 bits per heavy atom. The fourth-order valence-electron chi connectivity index (χ4n) is 4.17. The quantitative estimate of drug-likeness (QED) is 0.205. The molecular formula is C26H25F3N8O5P+. The Morgan fingerprint density at radius 3 is 2.70 bits per heavy atom. The van der Waals surface area contributed by atoms with Gasteiger partial charge in [0, 0.05) is 30.1 Å². The molecule has 8 bridgehead atoms. The molecule has 7 heterocycles. The largest absolute Gasteiger partial charge is 0.512 e. The fourth-order valence-corrected chi connectivity index (χ4v) is 5.09. The summed E-state index contributed by atoms with van der Waals surface area (Å²) in [5.41, 5.74) is 2.52. The van der Waals surface area contributed by atoms with E-state index in [-0.39, 0.29) is 30.1 Å². The minimum absolute atomic E-state index is 0.0730. The maximum absolute atomic E-state index is 14.0. The number of benzene rings is 1. The predicted octanol–water partition coefficient (Wildman–Crippen LogP) is 5.20. The Hall–Kier alpha value is -4.66. The second-order valence-corrected chi connectivity index (χ2v) is 10.4. The molecule has 1 atom stereocenters. The zero-order valence-corrected chi connectivity index (χ0v) is 23.7. The standard InChI is InChI=1S/C26H24F3N8O5P/c1-40-21-10-15-4-5-19(21)34-25-30-12-17(26(27,28)29)23(35-25)33-20-7-6-18(32-22(20)24(38)36-41-2)16-11-31-37(13-16)8-3-9-42-43(39)14-15/h4-7,10-13H,3,8-9,14H2,1-2H3,(H2-,30,33,34,35,36,38)/p+1. The summed E-state index contributed by atoms with van der Waals surface area (Å²) in [6, 6.07) is 7.83. The van der Waals surface area contributed by atoms with Crippen LogP contribution in [0.3, 0.4) is 0 Å². The number of ether oxygens (including phenoxy) is 1. The van der Waals surface area contributed by atoms with E-state index in [1.54, 1.807) is 29.1 Å². The lowest BCUT2D eigenvalue weighted by atomic mass is 10.2. The van der Waals surface area contributed by atoms with Crippen LogP contribution in [0, 0.1) is 0 Å². The van der Waals surface area contributed by atoms with Gasteiger partial charge in [0.25, 0.3) is 5.91 Å². The van der Waals surface area contributed by atoms with Crippen molar-refractivity contribution in [2.24, 2.45) is 0 Å². The first-order valence-electron chi connectivity index (χ1n) is 12.7. The van der Waals surface area contributed by atoms with Gasteiger partial charge < -0.3 is 15.4 Å². The highest BCUT2D eigenvalue weighted by molar-refractivity contribution is 7.38. The van der Waals surface area contributed by atoms with Gasteiger partial charge in [-0.05, 0) is 35.3 Å². The topological polar surface area (TPSA) is 154 Å². The molecule has 0 aliphatic carbocycles. The number of carbonyl (C=O) groups excluding carboxylic acids is 1. The van der Waals surface area contributed by atoms with Crippen LogP contribution in [0.5, 0.6) is 5.75 Å². The molecule has 0 saturated carbocycles. The number of halogens is 3. The lowest BCUT2D eigenvalue weighted by Crippen LogP contribution is -2.24. The van der Waals surface area contributed by atoms with Crippen molar-refractivity contribution in [1.82, 2.24) is 30.2 Å². The number of amides is 1. The number of rotatable bonds is 3. The number of alkyl halides is 3. The number of methoxy groups -OCH3 is 1. The van der Waals surface area contributed by atoms with Gasteiger partial charge in [-0.1, -0.05) is 6.07 Å². The van der Waals surface area contributed by atoms with Crippen molar-refractivity contribution in [1.29, 1.82) is 0 Å². The van der Waals surface area contributed by atoms with E-state index in [1.165, 1.54) is 32.5 Å². The highest BCUT2D eigenvalue weighted by Crippen LogP contribution is 2.37. The zero-order valence-electron chi connectivity index (χ0n) is 22.8. The molecule has 0 spiro atoms. The van der Waals surface area contributed by atoms with Gasteiger partial charge in [0.05, 0.1) is 37.5 Å². The number of carbonyl (C=O) groups is 1. The summed E-state index contributed by atoms with van der Waals surface area (Å²) in [6.07, 6.45) is -0.345. The van der Waals surface area contributed by atoms with E-state index in [0.29, 0.717) is 47.4 Å². The van der Waals surface area contributed by atoms with Gasteiger partial charge in [0.2, 0.25) is 12.1 Å². The monoisotopic (exact) mass is 617 g/mol. The third kappa shape index (κ3) is 7.05. The van der Waals surface area contributed by atoms with E-state index in [4.69, 9.17) is 14.1 Å². The Bertz CT molecular complexity index is 1670. The summed E-state index contributed by atoms with van der Waals surface area (Å²) in [7, 11) is 0.601. The molecule has 1 aromatic carbocycles. The van der Waals surface area contributed by atoms with Gasteiger partial charge in [-0.25, -0.2) is 15.4 Å². The molecule has 4 aliphatic rings. The van der Waals surface area contributed by atoms with Crippen molar-refractivity contribution in [3.63, 3.8) is 0 Å². The highest BCUT2D eigenvalue weighted by Gasteiger charge is 2.36. The normalized spacial score (nSPS) is 14.7. The van der Waals surface area contributed by atoms with Crippen LogP contribution in [-0.4, -0.2) is 51.5 Å². The fraction of sp³-hybridized carbons (Fsp3) is 0.269. The molecule has 1 unspecified atom stereocenters. The van der Waals surface area contributed by atoms with Crippen LogP contribution >= 0.6 is 8.03 Å². The van der Waals surface area contributed by atoms with Crippen LogP contribution in [0.25, 0.3) is 11.3 Å². The van der Waals surface area contributed by atoms with Crippen molar-refractivity contribution in [2.45, 2.75) is 25.3 Å². The van der Waals surface area contributed by atoms with Crippen molar-refractivity contribution >= 4 is 37.1 Å². The van der Waals surface area contributed by atoms with Crippen LogP contribution in [0.4, 0.5) is 36.3 Å². The molecule has 13 nitrogen and oxygen atoms in total. The summed E-state index contributed by atoms with van der Waals surface area (Å²) in [5, 5.41) is 9.74. The van der Waals surface area contributed by atoms with Crippen molar-refractivity contribution in [3.8, 4) is 17.0 Å². The number of hydroxylamine groups is 1. The minimum Gasteiger partial charge on any atom is -0.495 e. The van der Waals surface area contributed by atoms with Gasteiger partial charge in [-0.15, -0.1) is 4.52 Å². The first-order chi connectivity index (χ1) is 20.6. The Kier molecular flexibility index (Phi) is 8.80. The molecule has 0 radical (unpaired) electrons. The summed E-state index contributed by atoms with van der Waals surface area (Å²) in [6.45, 7) is 0.680. The molecule has 3 aromatic heterocycles. The Morgan fingerprint density at radius 1 is 1.12 bits per heavy atom. The van der Waals surface area contributed by atoms with Gasteiger partial charge in [0.15, 0.2) is 5.69 Å². The number of aromatic nitrogens is 5. The molecule has 4 aromatic rings. The van der Waals surface area contributed by atoms with E-state index in [0.717, 1.165) is 0 Å². The number of anilines is 4. The average molecular weight is 618 g/mol. The summed E-state index contributed by atoms with van der Waals surface area (Å²) >= 11 is 0. The molecule has 1 amide bonds. The molecule has 224 valence electrons. The first-order valence-corrected chi connectivity index (χ1v) is 14.1. The predicted molar refractivity (Wildman–Crippen MR) is 148 cm³/mol. The molecular weight excluding hydrogens is 592 g/mol. The van der Waals surface area contributed by atoms with Crippen molar-refractivity contribution < 1.29 is 36.6 Å². The second kappa shape index (κ2) is 12.7. The lowest BCUT2D eigenvalue weighted by Gasteiger charge is -2.17. The van der Waals surface area contributed by atoms with E-state index < -0.39 is 31.5 Å². The third-order valence-electron chi connectivity index (χ3n) is 6.17. The Balaban J connectivity index is 1.61. The molecule has 0 fully saturated rings. The summed E-state index contributed by atoms with van der Waals surface area (Å²) in [5.74, 6) is -1.33. The van der Waals surface area contributed by atoms with E-state index in [2.05, 4.69) is 36.2 Å². The van der Waals surface area contributed by atoms with Gasteiger partial charge in [0.1, 0.15) is 23.7 Å². The highest BCUT2D eigenvalue weighted by atomic mass is 31.1. The van der Waals surface area contributed by atoms with Crippen LogP contribution in [-0.2, 0) is 32.8 Å². The molecule has 0 saturated heterocycles. The number of hydrogen-bond donors (Lipinski definition) is 3. The van der Waals surface area contributed by atoms with Crippen molar-refractivity contribution in [2.75, 3.05) is 31.5 Å². The van der Waals surface area contributed by atoms with Gasteiger partial charge >= 0.3 is 14.2 Å². The number of hydrogen-bond acceptors (Lipinski definition) is 11. The summed E-state index contributed by atoms with van der Waals surface area (Å²) < 4.78 is 67.1. The third-order valence-corrected chi connectivity index (χ3v) is 7.27. The minimum atomic E-state index is -4.83. The SMILES string of the molecule is CONC(=O)c1nc2ccc1Nc1nc(ncc1C(F)(F)F)Nc1ccc(cc1OC)C[P+](=O)OCCCn1cc-2cn1. The van der Waals surface area contributed by atoms with Crippen molar-refractivity contribution in [3.05, 3.63) is 65.7 Å². The number of nitrogens with one attached hydrogen (secondary N) is 3. The molecule has 3 N–H and O–H groups in total. The summed E-state index contributed by atoms with van der Waals surface area (Å²) in [4.78, 5) is 29.9. The second-order valence-electron chi connectivity index (χ2n) is 9.14. The van der Waals surface area contributed by atoms with E-state index >= 15 is 0 Å². The maximum Gasteiger partial charge on any atom is 0.512 e. The first kappa shape index (κ1) is 29.8. The number of pyridine rings is 1. The maximum atomic E-state index is 14.0.